The number of hydrogen-bond donors (Lipinski definition) is 1. The first-order valence-corrected chi connectivity index (χ1v) is 4.02. The fraction of sp³-hybridized carbons (Fsp3) is 0.333. The summed E-state index contributed by atoms with van der Waals surface area (Å²) in [5, 5.41) is 0. The summed E-state index contributed by atoms with van der Waals surface area (Å²) in [7, 11) is 2.81. The monoisotopic (exact) mass is 232 g/mol. The van der Waals surface area contributed by atoms with Gasteiger partial charge in [-0.25, -0.2) is 4.98 Å². The average molecular weight is 233 g/mol. The molecule has 84 valence electrons. The molecule has 0 fully saturated rings. The lowest BCUT2D eigenvalue weighted by Crippen LogP contribution is -2.22. The Bertz CT molecular complexity index is 316. The number of halogens is 1. The Morgan fingerprint density at radius 3 is 2.53 bits per heavy atom. The van der Waals surface area contributed by atoms with Gasteiger partial charge < -0.3 is 15.2 Å². The summed E-state index contributed by atoms with van der Waals surface area (Å²) in [6.45, 7) is 0. The molecule has 15 heavy (non-hydrogen) atoms. The van der Waals surface area contributed by atoms with E-state index in [0.29, 0.717) is 11.4 Å². The largest absolute Gasteiger partial charge is 0.481 e. The van der Waals surface area contributed by atoms with Crippen LogP contribution >= 0.6 is 12.4 Å². The minimum absolute atomic E-state index is 0. The van der Waals surface area contributed by atoms with Crippen LogP contribution in [0.5, 0.6) is 5.88 Å². The third kappa shape index (κ3) is 3.38. The second kappa shape index (κ2) is 6.21. The highest BCUT2D eigenvalue weighted by Gasteiger charge is 2.16. The molecule has 0 aromatic carbocycles. The SMILES string of the molecule is COC(=O)[C@H](N)c1ccc(OC)nc1.Cl. The number of carbonyl (C=O) groups excluding carboxylic acids is 1. The van der Waals surface area contributed by atoms with Gasteiger partial charge in [-0.3, -0.25) is 4.79 Å². The second-order valence-corrected chi connectivity index (χ2v) is 2.63. The van der Waals surface area contributed by atoms with Crippen LogP contribution in [-0.4, -0.2) is 25.2 Å². The van der Waals surface area contributed by atoms with Gasteiger partial charge in [-0.15, -0.1) is 12.4 Å². The van der Waals surface area contributed by atoms with Gasteiger partial charge in [-0.1, -0.05) is 0 Å². The van der Waals surface area contributed by atoms with Crippen LogP contribution in [0, 0.1) is 0 Å². The molecule has 1 rings (SSSR count). The van der Waals surface area contributed by atoms with Gasteiger partial charge in [0, 0.05) is 12.3 Å². The third-order valence-corrected chi connectivity index (χ3v) is 1.78. The van der Waals surface area contributed by atoms with Crippen molar-refractivity contribution >= 4 is 18.4 Å². The fourth-order valence-corrected chi connectivity index (χ4v) is 0.960. The summed E-state index contributed by atoms with van der Waals surface area (Å²) in [5.41, 5.74) is 6.18. The Balaban J connectivity index is 0.00000196. The first kappa shape index (κ1) is 13.7. The molecule has 0 unspecified atom stereocenters. The number of esters is 1. The predicted octanol–water partition coefficient (Wildman–Crippen LogP) is 0.685. The number of rotatable bonds is 3. The first-order chi connectivity index (χ1) is 6.69. The number of pyridine rings is 1. The van der Waals surface area contributed by atoms with Crippen LogP contribution in [0.2, 0.25) is 0 Å². The van der Waals surface area contributed by atoms with Gasteiger partial charge in [0.2, 0.25) is 5.88 Å². The molecule has 1 aromatic heterocycles. The highest BCUT2D eigenvalue weighted by Crippen LogP contribution is 2.13. The maximum absolute atomic E-state index is 11.1. The smallest absolute Gasteiger partial charge is 0.327 e. The molecule has 0 radical (unpaired) electrons. The molecule has 5 nitrogen and oxygen atoms in total. The number of hydrogen-bond acceptors (Lipinski definition) is 5. The van der Waals surface area contributed by atoms with E-state index in [4.69, 9.17) is 10.5 Å². The van der Waals surface area contributed by atoms with Gasteiger partial charge in [0.1, 0.15) is 6.04 Å². The zero-order valence-corrected chi connectivity index (χ0v) is 9.28. The van der Waals surface area contributed by atoms with Gasteiger partial charge in [0.25, 0.3) is 0 Å². The molecule has 0 aliphatic rings. The normalized spacial score (nSPS) is 11.1. The highest BCUT2D eigenvalue weighted by molar-refractivity contribution is 5.85. The quantitative estimate of drug-likeness (QED) is 0.776. The van der Waals surface area contributed by atoms with E-state index in [9.17, 15) is 4.79 Å². The summed E-state index contributed by atoms with van der Waals surface area (Å²) in [6.07, 6.45) is 1.49. The minimum atomic E-state index is -0.793. The van der Waals surface area contributed by atoms with Crippen molar-refractivity contribution in [1.82, 2.24) is 4.98 Å². The lowest BCUT2D eigenvalue weighted by atomic mass is 10.1. The number of carbonyl (C=O) groups is 1. The standard InChI is InChI=1S/C9H12N2O3.ClH/c1-13-7-4-3-6(5-11-7)8(10)9(12)14-2;/h3-5,8H,10H2,1-2H3;1H/t8-;/m1./s1. The first-order valence-electron chi connectivity index (χ1n) is 4.02. The van der Waals surface area contributed by atoms with Gasteiger partial charge >= 0.3 is 5.97 Å². The van der Waals surface area contributed by atoms with Crippen LogP contribution in [-0.2, 0) is 9.53 Å². The van der Waals surface area contributed by atoms with Gasteiger partial charge in [0.05, 0.1) is 14.2 Å². The summed E-state index contributed by atoms with van der Waals surface area (Å²) in [4.78, 5) is 15.0. The van der Waals surface area contributed by atoms with E-state index in [1.54, 1.807) is 12.1 Å². The summed E-state index contributed by atoms with van der Waals surface area (Å²) in [5.74, 6) is -0.0113. The van der Waals surface area contributed by atoms with Crippen LogP contribution in [0.3, 0.4) is 0 Å². The molecule has 1 heterocycles. The van der Waals surface area contributed by atoms with Crippen molar-refractivity contribution in [3.8, 4) is 5.88 Å². The third-order valence-electron chi connectivity index (χ3n) is 1.78. The molecule has 0 aliphatic heterocycles. The van der Waals surface area contributed by atoms with Crippen molar-refractivity contribution in [3.63, 3.8) is 0 Å². The van der Waals surface area contributed by atoms with Crippen LogP contribution in [0.15, 0.2) is 18.3 Å². The van der Waals surface area contributed by atoms with E-state index in [-0.39, 0.29) is 12.4 Å². The lowest BCUT2D eigenvalue weighted by Gasteiger charge is -2.08. The molecule has 2 N–H and O–H groups in total. The van der Waals surface area contributed by atoms with E-state index < -0.39 is 12.0 Å². The maximum Gasteiger partial charge on any atom is 0.327 e. The van der Waals surface area contributed by atoms with Gasteiger partial charge in [-0.2, -0.15) is 0 Å². The molecular formula is C9H13ClN2O3. The zero-order valence-electron chi connectivity index (χ0n) is 8.47. The minimum Gasteiger partial charge on any atom is -0.481 e. The highest BCUT2D eigenvalue weighted by atomic mass is 35.5. The number of ether oxygens (including phenoxy) is 2. The van der Waals surface area contributed by atoms with Crippen molar-refractivity contribution in [2.45, 2.75) is 6.04 Å². The van der Waals surface area contributed by atoms with Crippen LogP contribution < -0.4 is 10.5 Å². The fourth-order valence-electron chi connectivity index (χ4n) is 0.960. The van der Waals surface area contributed by atoms with Crippen molar-refractivity contribution in [1.29, 1.82) is 0 Å². The molecule has 0 spiro atoms. The van der Waals surface area contributed by atoms with E-state index in [1.807, 2.05) is 0 Å². The Hall–Kier alpha value is -1.33. The van der Waals surface area contributed by atoms with Gasteiger partial charge in [-0.05, 0) is 11.6 Å². The molecule has 0 amide bonds. The number of nitrogens with zero attached hydrogens (tertiary/aromatic N) is 1. The number of aromatic nitrogens is 1. The topological polar surface area (TPSA) is 74.4 Å². The summed E-state index contributed by atoms with van der Waals surface area (Å²) < 4.78 is 9.37. The molecule has 0 saturated carbocycles. The Morgan fingerprint density at radius 2 is 2.13 bits per heavy atom. The molecule has 6 heteroatoms. The Morgan fingerprint density at radius 1 is 1.47 bits per heavy atom. The van der Waals surface area contributed by atoms with Crippen LogP contribution in [0.1, 0.15) is 11.6 Å². The van der Waals surface area contributed by atoms with Gasteiger partial charge in [0.15, 0.2) is 0 Å². The van der Waals surface area contributed by atoms with Crippen LogP contribution in [0.25, 0.3) is 0 Å². The summed E-state index contributed by atoms with van der Waals surface area (Å²) >= 11 is 0. The predicted molar refractivity (Wildman–Crippen MR) is 57.0 cm³/mol. The Labute approximate surface area is 94.0 Å². The van der Waals surface area contributed by atoms with Crippen molar-refractivity contribution in [2.75, 3.05) is 14.2 Å². The van der Waals surface area contributed by atoms with E-state index in [1.165, 1.54) is 20.4 Å². The molecule has 0 bridgehead atoms. The van der Waals surface area contributed by atoms with Crippen LogP contribution in [0.4, 0.5) is 0 Å². The lowest BCUT2D eigenvalue weighted by molar-refractivity contribution is -0.142. The average Bonchev–Trinajstić information content (AvgIpc) is 2.27. The van der Waals surface area contributed by atoms with Crippen molar-refractivity contribution in [3.05, 3.63) is 23.9 Å². The van der Waals surface area contributed by atoms with Crippen molar-refractivity contribution in [2.24, 2.45) is 5.73 Å². The molecule has 0 saturated heterocycles. The molecule has 1 atom stereocenters. The maximum atomic E-state index is 11.1. The second-order valence-electron chi connectivity index (χ2n) is 2.63. The van der Waals surface area contributed by atoms with E-state index >= 15 is 0 Å². The zero-order chi connectivity index (χ0) is 10.6. The molecular weight excluding hydrogens is 220 g/mol. The molecule has 0 aliphatic carbocycles. The van der Waals surface area contributed by atoms with E-state index in [2.05, 4.69) is 9.72 Å². The van der Waals surface area contributed by atoms with E-state index in [0.717, 1.165) is 0 Å². The number of methoxy groups -OCH3 is 2. The Kier molecular flexibility index (Phi) is 5.66. The molecule has 1 aromatic rings. The summed E-state index contributed by atoms with van der Waals surface area (Å²) in [6, 6.07) is 2.52. The van der Waals surface area contributed by atoms with Crippen molar-refractivity contribution < 1.29 is 14.3 Å². The number of nitrogens with two attached hydrogens (primary N) is 1.